The molecule has 2 aromatic carbocycles. The molecular formula is C27H33F2N3O3. The smallest absolute Gasteiger partial charge is 0.319 e. The van der Waals surface area contributed by atoms with Crippen molar-refractivity contribution in [2.75, 3.05) is 31.6 Å². The maximum atomic E-state index is 14.8. The molecule has 0 bridgehead atoms. The second-order valence-electron chi connectivity index (χ2n) is 9.55. The Labute approximate surface area is 205 Å². The van der Waals surface area contributed by atoms with Gasteiger partial charge in [0.05, 0.1) is 12.1 Å². The minimum atomic E-state index is -1.18. The third-order valence-corrected chi connectivity index (χ3v) is 6.95. The van der Waals surface area contributed by atoms with Crippen molar-refractivity contribution < 1.29 is 23.1 Å². The Hall–Kier alpha value is -2.84. The first-order chi connectivity index (χ1) is 16.9. The predicted molar refractivity (Wildman–Crippen MR) is 131 cm³/mol. The normalized spacial score (nSPS) is 23.6. The van der Waals surface area contributed by atoms with E-state index in [9.17, 15) is 18.4 Å². The number of anilines is 1. The molecule has 0 aromatic heterocycles. The molecule has 2 N–H and O–H groups in total. The Morgan fingerprint density at radius 2 is 1.71 bits per heavy atom. The number of hydrogen-bond acceptors (Lipinski definition) is 4. The van der Waals surface area contributed by atoms with Gasteiger partial charge in [-0.25, -0.2) is 13.6 Å². The zero-order chi connectivity index (χ0) is 24.8. The quantitative estimate of drug-likeness (QED) is 0.563. The molecule has 2 amide bonds. The zero-order valence-electron chi connectivity index (χ0n) is 20.0. The molecule has 35 heavy (non-hydrogen) atoms. The van der Waals surface area contributed by atoms with Crippen LogP contribution in [0.2, 0.25) is 0 Å². The van der Waals surface area contributed by atoms with E-state index in [0.29, 0.717) is 30.3 Å². The minimum Gasteiger partial charge on any atom is -0.375 e. The van der Waals surface area contributed by atoms with Crippen molar-refractivity contribution in [2.45, 2.75) is 50.9 Å². The molecule has 8 heteroatoms. The number of piperidine rings is 1. The van der Waals surface area contributed by atoms with E-state index in [2.05, 4.69) is 15.5 Å². The lowest BCUT2D eigenvalue weighted by atomic mass is 9.89. The first kappa shape index (κ1) is 25.3. The molecule has 2 aromatic rings. The summed E-state index contributed by atoms with van der Waals surface area (Å²) in [6, 6.07) is 12.0. The fourth-order valence-corrected chi connectivity index (χ4v) is 4.89. The summed E-state index contributed by atoms with van der Waals surface area (Å²) in [6.07, 6.45) is 1.58. The molecule has 0 unspecified atom stereocenters. The summed E-state index contributed by atoms with van der Waals surface area (Å²) in [4.78, 5) is 26.3. The average Bonchev–Trinajstić information content (AvgIpc) is 2.84. The van der Waals surface area contributed by atoms with Crippen LogP contribution < -0.4 is 10.6 Å². The molecular weight excluding hydrogens is 452 g/mol. The summed E-state index contributed by atoms with van der Waals surface area (Å²) >= 11 is 0. The van der Waals surface area contributed by atoms with Crippen molar-refractivity contribution in [3.63, 3.8) is 0 Å². The number of carbonyl (C=O) groups excluding carboxylic acids is 2. The van der Waals surface area contributed by atoms with Crippen LogP contribution in [0.4, 0.5) is 19.3 Å². The zero-order valence-corrected chi connectivity index (χ0v) is 20.0. The van der Waals surface area contributed by atoms with E-state index in [0.717, 1.165) is 37.9 Å². The Morgan fingerprint density at radius 3 is 2.37 bits per heavy atom. The van der Waals surface area contributed by atoms with Gasteiger partial charge in [0.25, 0.3) is 0 Å². The van der Waals surface area contributed by atoms with Crippen molar-refractivity contribution >= 4 is 17.5 Å². The lowest BCUT2D eigenvalue weighted by Crippen LogP contribution is -2.58. The fraction of sp³-hybridized carbons (Fsp3) is 0.481. The molecule has 2 aliphatic rings. The van der Waals surface area contributed by atoms with E-state index >= 15 is 0 Å². The van der Waals surface area contributed by atoms with Gasteiger partial charge in [-0.2, -0.15) is 0 Å². The number of nitrogens with zero attached hydrogens (tertiary/aromatic N) is 1. The van der Waals surface area contributed by atoms with Gasteiger partial charge in [-0.3, -0.25) is 4.79 Å². The first-order valence-electron chi connectivity index (χ1n) is 12.3. The second-order valence-corrected chi connectivity index (χ2v) is 9.55. The van der Waals surface area contributed by atoms with E-state index in [-0.39, 0.29) is 18.0 Å². The number of halogens is 2. The van der Waals surface area contributed by atoms with Crippen LogP contribution in [0.3, 0.4) is 0 Å². The summed E-state index contributed by atoms with van der Waals surface area (Å²) in [5.74, 6) is 0.264. The molecule has 2 saturated heterocycles. The molecule has 0 saturated carbocycles. The fourth-order valence-electron chi connectivity index (χ4n) is 4.89. The molecule has 3 atom stereocenters. The summed E-state index contributed by atoms with van der Waals surface area (Å²) in [5, 5.41) is 5.48. The summed E-state index contributed by atoms with van der Waals surface area (Å²) in [5.41, 5.74) is 2.23. The SMILES string of the molecule is CC(=O)c1ccc(NC(=O)N[C@@H]2[C@@H](F)CCO[C@@H]2CN2CCC(Cc3ccc(F)cc3)CC2)cc1. The van der Waals surface area contributed by atoms with Crippen LogP contribution in [0.5, 0.6) is 0 Å². The number of alkyl halides is 1. The topological polar surface area (TPSA) is 70.7 Å². The Kier molecular flexibility index (Phi) is 8.46. The van der Waals surface area contributed by atoms with Gasteiger partial charge in [0.15, 0.2) is 5.78 Å². The van der Waals surface area contributed by atoms with Crippen LogP contribution in [0, 0.1) is 11.7 Å². The Bertz CT molecular complexity index is 992. The molecule has 2 heterocycles. The highest BCUT2D eigenvalue weighted by atomic mass is 19.1. The highest BCUT2D eigenvalue weighted by Crippen LogP contribution is 2.25. The number of rotatable bonds is 7. The second kappa shape index (κ2) is 11.7. The molecule has 6 nitrogen and oxygen atoms in total. The molecule has 0 radical (unpaired) electrons. The number of likely N-dealkylation sites (tertiary alicyclic amines) is 1. The van der Waals surface area contributed by atoms with E-state index in [4.69, 9.17) is 4.74 Å². The number of benzene rings is 2. The Morgan fingerprint density at radius 1 is 1.03 bits per heavy atom. The van der Waals surface area contributed by atoms with Gasteiger partial charge in [-0.15, -0.1) is 0 Å². The van der Waals surface area contributed by atoms with Crippen LogP contribution in [0.15, 0.2) is 48.5 Å². The number of ether oxygens (including phenoxy) is 1. The van der Waals surface area contributed by atoms with E-state index in [1.807, 2.05) is 12.1 Å². The molecule has 0 spiro atoms. The number of ketones is 1. The summed E-state index contributed by atoms with van der Waals surface area (Å²) in [6.45, 7) is 4.13. The van der Waals surface area contributed by atoms with Crippen LogP contribution in [0.1, 0.15) is 42.1 Å². The third kappa shape index (κ3) is 7.08. The largest absolute Gasteiger partial charge is 0.375 e. The van der Waals surface area contributed by atoms with Crippen molar-refractivity contribution in [1.82, 2.24) is 10.2 Å². The van der Waals surface area contributed by atoms with Crippen molar-refractivity contribution in [1.29, 1.82) is 0 Å². The van der Waals surface area contributed by atoms with Crippen LogP contribution >= 0.6 is 0 Å². The van der Waals surface area contributed by atoms with Gasteiger partial charge in [-0.05, 0) is 87.2 Å². The van der Waals surface area contributed by atoms with Gasteiger partial charge in [0.1, 0.15) is 12.0 Å². The molecule has 0 aliphatic carbocycles. The molecule has 4 rings (SSSR count). The number of nitrogens with one attached hydrogen (secondary N) is 2. The van der Waals surface area contributed by atoms with Crippen LogP contribution in [0.25, 0.3) is 0 Å². The van der Waals surface area contributed by atoms with Gasteiger partial charge in [0.2, 0.25) is 0 Å². The average molecular weight is 486 g/mol. The van der Waals surface area contributed by atoms with E-state index < -0.39 is 24.3 Å². The van der Waals surface area contributed by atoms with Gasteiger partial charge >= 0.3 is 6.03 Å². The number of hydrogen-bond donors (Lipinski definition) is 2. The lowest BCUT2D eigenvalue weighted by Gasteiger charge is -2.39. The maximum absolute atomic E-state index is 14.8. The summed E-state index contributed by atoms with van der Waals surface area (Å²) < 4.78 is 33.9. The van der Waals surface area contributed by atoms with Crippen molar-refractivity contribution in [2.24, 2.45) is 5.92 Å². The lowest BCUT2D eigenvalue weighted by molar-refractivity contribution is -0.0590. The number of urea groups is 1. The van der Waals surface area contributed by atoms with Gasteiger partial charge in [-0.1, -0.05) is 12.1 Å². The van der Waals surface area contributed by atoms with Gasteiger partial charge in [0, 0.05) is 30.8 Å². The van der Waals surface area contributed by atoms with Crippen LogP contribution in [-0.2, 0) is 11.2 Å². The maximum Gasteiger partial charge on any atom is 0.319 e. The van der Waals surface area contributed by atoms with E-state index in [1.54, 1.807) is 24.3 Å². The predicted octanol–water partition coefficient (Wildman–Crippen LogP) is 4.60. The van der Waals surface area contributed by atoms with Crippen molar-refractivity contribution in [3.05, 3.63) is 65.5 Å². The molecule has 2 aliphatic heterocycles. The number of Topliss-reactive ketones (excluding diaryl/α,β-unsaturated/α-hetero) is 1. The highest BCUT2D eigenvalue weighted by Gasteiger charge is 2.37. The highest BCUT2D eigenvalue weighted by molar-refractivity contribution is 5.95. The van der Waals surface area contributed by atoms with E-state index in [1.165, 1.54) is 19.1 Å². The first-order valence-corrected chi connectivity index (χ1v) is 12.3. The van der Waals surface area contributed by atoms with Crippen LogP contribution in [-0.4, -0.2) is 61.3 Å². The Balaban J connectivity index is 1.27. The number of amides is 2. The summed E-state index contributed by atoms with van der Waals surface area (Å²) in [7, 11) is 0. The molecule has 2 fully saturated rings. The number of carbonyl (C=O) groups is 2. The molecule has 188 valence electrons. The minimum absolute atomic E-state index is 0.0528. The monoisotopic (exact) mass is 485 g/mol. The van der Waals surface area contributed by atoms with Gasteiger partial charge < -0.3 is 20.3 Å². The van der Waals surface area contributed by atoms with Crippen molar-refractivity contribution in [3.8, 4) is 0 Å². The standard InChI is InChI=1S/C27H33F2N3O3/c1-18(33)21-4-8-23(9-5-21)30-27(34)31-26-24(29)12-15-35-25(26)17-32-13-10-20(11-14-32)16-19-2-6-22(28)7-3-19/h2-9,20,24-26H,10-17H2,1H3,(H2,30,31,34)/t24-,25+,26+/m0/s1. The third-order valence-electron chi connectivity index (χ3n) is 6.95.